The van der Waals surface area contributed by atoms with Crippen molar-refractivity contribution in [2.45, 2.75) is 45.4 Å². The Morgan fingerprint density at radius 3 is 2.92 bits per heavy atom. The average Bonchev–Trinajstić information content (AvgIpc) is 3.04. The largest absolute Gasteiger partial charge is 0.463 e. The molecule has 0 fully saturated rings. The van der Waals surface area contributed by atoms with Gasteiger partial charge in [0.2, 0.25) is 5.95 Å². The van der Waals surface area contributed by atoms with E-state index in [2.05, 4.69) is 27.2 Å². The van der Waals surface area contributed by atoms with Gasteiger partial charge in [0, 0.05) is 13.5 Å². The molecule has 0 bridgehead atoms. The first kappa shape index (κ1) is 19.9. The van der Waals surface area contributed by atoms with Crippen LogP contribution in [0.3, 0.4) is 0 Å². The van der Waals surface area contributed by atoms with Gasteiger partial charge in [0.1, 0.15) is 19.4 Å². The summed E-state index contributed by atoms with van der Waals surface area (Å²) in [4.78, 5) is 24.1. The Bertz CT molecular complexity index is 720. The highest BCUT2D eigenvalue weighted by Gasteiger charge is 2.15. The van der Waals surface area contributed by atoms with E-state index in [-0.39, 0.29) is 31.9 Å². The van der Waals surface area contributed by atoms with E-state index >= 15 is 0 Å². The molecule has 0 radical (unpaired) electrons. The van der Waals surface area contributed by atoms with Crippen molar-refractivity contribution < 1.29 is 19.4 Å². The van der Waals surface area contributed by atoms with Gasteiger partial charge in [-0.2, -0.15) is 9.97 Å². The third kappa shape index (κ3) is 5.27. The lowest BCUT2D eigenvalue weighted by Crippen LogP contribution is -2.26. The SMILES string of the molecule is CCCCCC(=O)OCC(CO)OCn1cnc2c(NC)nc(N)nc21. The van der Waals surface area contributed by atoms with E-state index < -0.39 is 6.10 Å². The minimum atomic E-state index is -0.634. The Balaban J connectivity index is 1.91. The van der Waals surface area contributed by atoms with Gasteiger partial charge in [-0.1, -0.05) is 19.8 Å². The number of unbranched alkanes of at least 4 members (excludes halogenated alkanes) is 2. The number of aromatic nitrogens is 4. The first-order valence-electron chi connectivity index (χ1n) is 8.63. The quantitative estimate of drug-likeness (QED) is 0.391. The number of rotatable bonds is 11. The molecule has 0 aromatic carbocycles. The number of nitrogen functional groups attached to an aromatic ring is 1. The Hall–Kier alpha value is -2.46. The molecule has 26 heavy (non-hydrogen) atoms. The van der Waals surface area contributed by atoms with Crippen LogP contribution in [-0.2, 0) is 21.0 Å². The molecule has 4 N–H and O–H groups in total. The molecule has 2 heterocycles. The van der Waals surface area contributed by atoms with Gasteiger partial charge in [0.15, 0.2) is 17.0 Å². The van der Waals surface area contributed by atoms with Crippen molar-refractivity contribution in [3.05, 3.63) is 6.33 Å². The van der Waals surface area contributed by atoms with Crippen molar-refractivity contribution in [1.29, 1.82) is 0 Å². The van der Waals surface area contributed by atoms with Crippen molar-refractivity contribution in [3.8, 4) is 0 Å². The van der Waals surface area contributed by atoms with Crippen molar-refractivity contribution >= 4 is 28.9 Å². The summed E-state index contributed by atoms with van der Waals surface area (Å²) in [7, 11) is 1.72. The topological polar surface area (TPSA) is 137 Å². The van der Waals surface area contributed by atoms with E-state index in [0.717, 1.165) is 19.3 Å². The Labute approximate surface area is 151 Å². The number of fused-ring (bicyclic) bond motifs is 1. The third-order valence-electron chi connectivity index (χ3n) is 3.79. The summed E-state index contributed by atoms with van der Waals surface area (Å²) in [5.74, 6) is 0.349. The summed E-state index contributed by atoms with van der Waals surface area (Å²) in [6, 6.07) is 0. The zero-order valence-electron chi connectivity index (χ0n) is 15.1. The highest BCUT2D eigenvalue weighted by atomic mass is 16.6. The number of aliphatic hydroxyl groups excluding tert-OH is 1. The second kappa shape index (κ2) is 9.88. The summed E-state index contributed by atoms with van der Waals surface area (Å²) in [5.41, 5.74) is 6.77. The molecule has 10 heteroatoms. The van der Waals surface area contributed by atoms with E-state index in [1.165, 1.54) is 0 Å². The Kier molecular flexibility index (Phi) is 7.54. The van der Waals surface area contributed by atoms with Crippen LogP contribution >= 0.6 is 0 Å². The molecule has 1 atom stereocenters. The standard InChI is InChI=1S/C16H26N6O4/c1-3-4-5-6-12(24)25-8-11(7-23)26-10-22-9-19-13-14(18-2)20-16(17)21-15(13)22/h9,11,23H,3-8,10H2,1-2H3,(H3,17,18,20,21). The van der Waals surface area contributed by atoms with Gasteiger partial charge in [-0.3, -0.25) is 9.36 Å². The van der Waals surface area contributed by atoms with Crippen LogP contribution in [0.1, 0.15) is 32.6 Å². The van der Waals surface area contributed by atoms with Crippen LogP contribution in [0.15, 0.2) is 6.33 Å². The van der Waals surface area contributed by atoms with Crippen LogP contribution in [0.5, 0.6) is 0 Å². The number of carbonyl (C=O) groups is 1. The molecule has 0 saturated carbocycles. The molecule has 1 unspecified atom stereocenters. The molecule has 2 aromatic rings. The second-order valence-electron chi connectivity index (χ2n) is 5.81. The number of carbonyl (C=O) groups excluding carboxylic acids is 1. The van der Waals surface area contributed by atoms with Crippen molar-refractivity contribution in [1.82, 2.24) is 19.5 Å². The summed E-state index contributed by atoms with van der Waals surface area (Å²) in [6.45, 7) is 1.87. The highest BCUT2D eigenvalue weighted by Crippen LogP contribution is 2.19. The number of nitrogens with zero attached hydrogens (tertiary/aromatic N) is 4. The number of esters is 1. The summed E-state index contributed by atoms with van der Waals surface area (Å²) in [5, 5.41) is 12.3. The van der Waals surface area contributed by atoms with Crippen molar-refractivity contribution in [3.63, 3.8) is 0 Å². The van der Waals surface area contributed by atoms with Gasteiger partial charge < -0.3 is 25.6 Å². The Morgan fingerprint density at radius 2 is 2.23 bits per heavy atom. The maximum Gasteiger partial charge on any atom is 0.305 e. The maximum absolute atomic E-state index is 11.6. The molecule has 0 amide bonds. The number of imidazole rings is 1. The molecule has 0 aliphatic heterocycles. The van der Waals surface area contributed by atoms with Gasteiger partial charge >= 0.3 is 5.97 Å². The van der Waals surface area contributed by atoms with Crippen LogP contribution in [0.25, 0.3) is 11.2 Å². The zero-order valence-corrected chi connectivity index (χ0v) is 15.1. The molecule has 0 aliphatic rings. The fourth-order valence-corrected chi connectivity index (χ4v) is 2.35. The minimum Gasteiger partial charge on any atom is -0.463 e. The van der Waals surface area contributed by atoms with Gasteiger partial charge in [0.25, 0.3) is 0 Å². The molecule has 2 aromatic heterocycles. The van der Waals surface area contributed by atoms with Gasteiger partial charge in [-0.15, -0.1) is 0 Å². The maximum atomic E-state index is 11.6. The summed E-state index contributed by atoms with van der Waals surface area (Å²) in [6.07, 6.45) is 4.12. The lowest BCUT2D eigenvalue weighted by atomic mass is 10.2. The smallest absolute Gasteiger partial charge is 0.305 e. The minimum absolute atomic E-state index is 0.00697. The van der Waals surface area contributed by atoms with Gasteiger partial charge in [0.05, 0.1) is 12.9 Å². The molecular weight excluding hydrogens is 340 g/mol. The van der Waals surface area contributed by atoms with Crippen LogP contribution in [0.4, 0.5) is 11.8 Å². The van der Waals surface area contributed by atoms with E-state index in [9.17, 15) is 9.90 Å². The van der Waals surface area contributed by atoms with Gasteiger partial charge in [-0.25, -0.2) is 4.98 Å². The van der Waals surface area contributed by atoms with Crippen molar-refractivity contribution in [2.75, 3.05) is 31.3 Å². The molecule has 10 nitrogen and oxygen atoms in total. The lowest BCUT2D eigenvalue weighted by Gasteiger charge is -2.16. The van der Waals surface area contributed by atoms with E-state index in [0.29, 0.717) is 23.4 Å². The molecule has 144 valence electrons. The number of anilines is 2. The zero-order chi connectivity index (χ0) is 18.9. The molecule has 0 aliphatic carbocycles. The Morgan fingerprint density at radius 1 is 1.42 bits per heavy atom. The van der Waals surface area contributed by atoms with E-state index in [4.69, 9.17) is 15.2 Å². The predicted molar refractivity (Wildman–Crippen MR) is 96.3 cm³/mol. The van der Waals surface area contributed by atoms with Crippen molar-refractivity contribution in [2.24, 2.45) is 0 Å². The normalized spacial score (nSPS) is 12.3. The number of hydrogen-bond donors (Lipinski definition) is 3. The summed E-state index contributed by atoms with van der Waals surface area (Å²) >= 11 is 0. The number of nitrogens with one attached hydrogen (secondary N) is 1. The van der Waals surface area contributed by atoms with Crippen LogP contribution in [-0.4, -0.2) is 57.0 Å². The number of aliphatic hydroxyl groups is 1. The predicted octanol–water partition coefficient (Wildman–Crippen LogP) is 0.909. The van der Waals surface area contributed by atoms with E-state index in [1.807, 2.05) is 0 Å². The molecule has 0 saturated heterocycles. The first-order valence-corrected chi connectivity index (χ1v) is 8.63. The van der Waals surface area contributed by atoms with Crippen LogP contribution in [0, 0.1) is 0 Å². The second-order valence-corrected chi connectivity index (χ2v) is 5.81. The summed E-state index contributed by atoms with van der Waals surface area (Å²) < 4.78 is 12.4. The van der Waals surface area contributed by atoms with Gasteiger partial charge in [-0.05, 0) is 6.42 Å². The number of hydrogen-bond acceptors (Lipinski definition) is 9. The monoisotopic (exact) mass is 366 g/mol. The molecule has 0 spiro atoms. The fraction of sp³-hybridized carbons (Fsp3) is 0.625. The average molecular weight is 366 g/mol. The number of ether oxygens (including phenoxy) is 2. The third-order valence-corrected chi connectivity index (χ3v) is 3.79. The molecule has 2 rings (SSSR count). The van der Waals surface area contributed by atoms with Crippen LogP contribution < -0.4 is 11.1 Å². The number of nitrogens with two attached hydrogens (primary N) is 1. The first-order chi connectivity index (χ1) is 12.6. The fourth-order valence-electron chi connectivity index (χ4n) is 2.35. The highest BCUT2D eigenvalue weighted by molar-refractivity contribution is 5.83. The van der Waals surface area contributed by atoms with Crippen LogP contribution in [0.2, 0.25) is 0 Å². The lowest BCUT2D eigenvalue weighted by molar-refractivity contribution is -0.150. The van der Waals surface area contributed by atoms with E-state index in [1.54, 1.807) is 17.9 Å². The molecular formula is C16H26N6O4.